The molecule has 0 atom stereocenters. The summed E-state index contributed by atoms with van der Waals surface area (Å²) in [5, 5.41) is 7.44. The molecule has 0 aliphatic heterocycles. The van der Waals surface area contributed by atoms with Crippen molar-refractivity contribution >= 4 is 30.1 Å². The molecule has 0 saturated heterocycles. The average molecular weight is 591 g/mol. The lowest BCUT2D eigenvalue weighted by Crippen LogP contribution is -2.42. The third-order valence-electron chi connectivity index (χ3n) is 6.49. The molecule has 0 radical (unpaired) electrons. The van der Waals surface area contributed by atoms with Crippen LogP contribution in [0.1, 0.15) is 76.7 Å². The van der Waals surface area contributed by atoms with E-state index in [2.05, 4.69) is 0 Å². The molecule has 0 aliphatic carbocycles. The highest BCUT2D eigenvalue weighted by molar-refractivity contribution is 5.97. The number of ether oxygens (including phenoxy) is 3. The Labute approximate surface area is 251 Å². The number of carbonyl (C=O) groups is 2. The zero-order valence-corrected chi connectivity index (χ0v) is 26.1. The van der Waals surface area contributed by atoms with E-state index in [0.717, 1.165) is 25.0 Å². The Kier molecular flexibility index (Phi) is 15.7. The van der Waals surface area contributed by atoms with Crippen LogP contribution in [-0.4, -0.2) is 72.4 Å². The Balaban J connectivity index is 0.00000840. The molecular weight excluding hydrogens is 544 g/mol. The van der Waals surface area contributed by atoms with Crippen LogP contribution in [-0.2, 0) is 4.79 Å². The minimum absolute atomic E-state index is 0. The topological polar surface area (TPSA) is 118 Å². The van der Waals surface area contributed by atoms with E-state index < -0.39 is 0 Å². The van der Waals surface area contributed by atoms with Crippen molar-refractivity contribution in [2.45, 2.75) is 72.9 Å². The second-order valence-electron chi connectivity index (χ2n) is 10.1. The molecule has 2 rings (SSSR count). The van der Waals surface area contributed by atoms with Gasteiger partial charge in [0.25, 0.3) is 11.8 Å². The maximum Gasteiger partial charge on any atom is 0.260 e. The van der Waals surface area contributed by atoms with E-state index in [4.69, 9.17) is 25.4 Å². The Bertz CT molecular complexity index is 1100. The molecule has 2 aromatic carbocycles. The van der Waals surface area contributed by atoms with Crippen molar-refractivity contribution in [2.24, 2.45) is 5.73 Å². The van der Waals surface area contributed by atoms with Crippen molar-refractivity contribution in [3.8, 4) is 17.2 Å². The minimum atomic E-state index is -0.147. The Morgan fingerprint density at radius 3 is 1.88 bits per heavy atom. The summed E-state index contributed by atoms with van der Waals surface area (Å²) in [6.07, 6.45) is 2.62. The predicted molar refractivity (Wildman–Crippen MR) is 166 cm³/mol. The van der Waals surface area contributed by atoms with Crippen LogP contribution in [0.4, 0.5) is 0 Å². The fraction of sp³-hybridized carbons (Fsp3) is 0.516. The molecule has 9 nitrogen and oxygen atoms in total. The predicted octanol–water partition coefficient (Wildman–Crippen LogP) is 5.53. The van der Waals surface area contributed by atoms with E-state index in [-0.39, 0.29) is 48.7 Å². The smallest absolute Gasteiger partial charge is 0.260 e. The van der Waals surface area contributed by atoms with Crippen molar-refractivity contribution in [3.63, 3.8) is 0 Å². The molecule has 41 heavy (non-hydrogen) atoms. The van der Waals surface area contributed by atoms with Crippen molar-refractivity contribution in [3.05, 3.63) is 53.6 Å². The normalized spacial score (nSPS) is 10.6. The van der Waals surface area contributed by atoms with Crippen LogP contribution in [0.15, 0.2) is 42.5 Å². The largest absolute Gasteiger partial charge is 0.494 e. The van der Waals surface area contributed by atoms with Gasteiger partial charge in [-0.3, -0.25) is 15.0 Å². The second-order valence-corrected chi connectivity index (χ2v) is 10.1. The highest BCUT2D eigenvalue weighted by atomic mass is 35.5. The molecular formula is C31H47ClN4O5. The van der Waals surface area contributed by atoms with Crippen molar-refractivity contribution < 1.29 is 23.8 Å². The Morgan fingerprint density at radius 2 is 1.37 bits per heavy atom. The summed E-state index contributed by atoms with van der Waals surface area (Å²) in [7, 11) is 0. The van der Waals surface area contributed by atoms with Gasteiger partial charge in [-0.05, 0) is 97.2 Å². The number of likely N-dealkylation sites (N-methyl/N-ethyl adjacent to an activating group) is 1. The molecule has 228 valence electrons. The zero-order valence-electron chi connectivity index (χ0n) is 25.3. The fourth-order valence-corrected chi connectivity index (χ4v) is 4.39. The molecule has 0 heterocycles. The molecule has 0 fully saturated rings. The summed E-state index contributed by atoms with van der Waals surface area (Å²) in [4.78, 5) is 29.5. The van der Waals surface area contributed by atoms with Crippen LogP contribution in [0.3, 0.4) is 0 Å². The molecule has 0 bridgehead atoms. The van der Waals surface area contributed by atoms with Crippen LogP contribution >= 0.6 is 12.4 Å². The number of halogens is 1. The lowest BCUT2D eigenvalue weighted by atomic mass is 10.1. The Morgan fingerprint density at radius 1 is 0.829 bits per heavy atom. The number of amidine groups is 1. The van der Waals surface area contributed by atoms with E-state index in [9.17, 15) is 9.59 Å². The molecule has 2 amide bonds. The van der Waals surface area contributed by atoms with Gasteiger partial charge in [-0.1, -0.05) is 0 Å². The maximum absolute atomic E-state index is 13.4. The quantitative estimate of drug-likeness (QED) is 0.142. The summed E-state index contributed by atoms with van der Waals surface area (Å²) in [6, 6.07) is 12.4. The minimum Gasteiger partial charge on any atom is -0.494 e. The number of rotatable bonds is 17. The van der Waals surface area contributed by atoms with Crippen LogP contribution < -0.4 is 19.9 Å². The fourth-order valence-electron chi connectivity index (χ4n) is 4.39. The number of nitrogens with zero attached hydrogens (tertiary/aromatic N) is 2. The first-order valence-corrected chi connectivity index (χ1v) is 14.2. The van der Waals surface area contributed by atoms with Gasteiger partial charge in [0.1, 0.15) is 23.1 Å². The van der Waals surface area contributed by atoms with Gasteiger partial charge in [0, 0.05) is 36.8 Å². The van der Waals surface area contributed by atoms with Gasteiger partial charge in [0.2, 0.25) is 0 Å². The molecule has 2 aromatic rings. The SMILES string of the molecule is CCN(CC)C(=O)COc1cc(OCCCCCOc2ccc(C(=N)N)cc2)ccc1C(=O)N(C(C)C)C(C)C.Cl. The van der Waals surface area contributed by atoms with Gasteiger partial charge in [-0.2, -0.15) is 0 Å². The highest BCUT2D eigenvalue weighted by Crippen LogP contribution is 2.28. The molecule has 0 aromatic heterocycles. The standard InChI is InChI=1S/C31H46N4O5.ClH/c1-7-34(8-2)29(36)21-40-28-20-26(16-17-27(28)31(37)35(22(3)4)23(5)6)39-19-11-9-10-18-38-25-14-12-24(13-15-25)30(32)33;/h12-17,20,22-23H,7-11,18-19,21H2,1-6H3,(H3,32,33);1H. The second kappa shape index (κ2) is 18.1. The lowest BCUT2D eigenvalue weighted by molar-refractivity contribution is -0.133. The van der Waals surface area contributed by atoms with E-state index in [1.807, 2.05) is 53.7 Å². The number of unbranched alkanes of at least 4 members (excludes halogenated alkanes) is 2. The monoisotopic (exact) mass is 590 g/mol. The van der Waals surface area contributed by atoms with Gasteiger partial charge in [0.05, 0.1) is 18.8 Å². The molecule has 0 spiro atoms. The van der Waals surface area contributed by atoms with Gasteiger partial charge in [-0.25, -0.2) is 0 Å². The number of nitrogens with two attached hydrogens (primary N) is 1. The van der Waals surface area contributed by atoms with E-state index >= 15 is 0 Å². The number of amides is 2. The number of benzene rings is 2. The van der Waals surface area contributed by atoms with E-state index in [1.165, 1.54) is 0 Å². The molecule has 10 heteroatoms. The summed E-state index contributed by atoms with van der Waals surface area (Å²) < 4.78 is 17.6. The van der Waals surface area contributed by atoms with Crippen LogP contribution in [0.25, 0.3) is 0 Å². The number of hydrogen-bond donors (Lipinski definition) is 2. The molecule has 0 unspecified atom stereocenters. The number of nitrogens with one attached hydrogen (secondary N) is 1. The van der Waals surface area contributed by atoms with Gasteiger partial charge < -0.3 is 29.7 Å². The van der Waals surface area contributed by atoms with Gasteiger partial charge >= 0.3 is 0 Å². The van der Waals surface area contributed by atoms with E-state index in [1.54, 1.807) is 40.1 Å². The van der Waals surface area contributed by atoms with Gasteiger partial charge in [0.15, 0.2) is 6.61 Å². The highest BCUT2D eigenvalue weighted by Gasteiger charge is 2.25. The third-order valence-corrected chi connectivity index (χ3v) is 6.49. The number of nitrogen functional groups attached to an aromatic ring is 1. The van der Waals surface area contributed by atoms with E-state index in [0.29, 0.717) is 48.9 Å². The zero-order chi connectivity index (χ0) is 29.7. The van der Waals surface area contributed by atoms with Crippen LogP contribution in [0.5, 0.6) is 17.2 Å². The van der Waals surface area contributed by atoms with Gasteiger partial charge in [-0.15, -0.1) is 12.4 Å². The first kappa shape index (κ1) is 35.6. The summed E-state index contributed by atoms with van der Waals surface area (Å²) in [6.45, 7) is 13.9. The molecule has 0 saturated carbocycles. The maximum atomic E-state index is 13.4. The van der Waals surface area contributed by atoms with Crippen LogP contribution in [0, 0.1) is 5.41 Å². The van der Waals surface area contributed by atoms with Crippen LogP contribution in [0.2, 0.25) is 0 Å². The Hall–Kier alpha value is -3.46. The lowest BCUT2D eigenvalue weighted by Gasteiger charge is -2.31. The van der Waals surface area contributed by atoms with Crippen molar-refractivity contribution in [1.82, 2.24) is 9.80 Å². The first-order chi connectivity index (χ1) is 19.1. The third kappa shape index (κ3) is 11.1. The summed E-state index contributed by atoms with van der Waals surface area (Å²) in [5.41, 5.74) is 6.56. The van der Waals surface area contributed by atoms with Crippen molar-refractivity contribution in [1.29, 1.82) is 5.41 Å². The number of hydrogen-bond acceptors (Lipinski definition) is 6. The molecule has 3 N–H and O–H groups in total. The van der Waals surface area contributed by atoms with Crippen molar-refractivity contribution in [2.75, 3.05) is 32.9 Å². The average Bonchev–Trinajstić information content (AvgIpc) is 2.91. The first-order valence-electron chi connectivity index (χ1n) is 14.2. The summed E-state index contributed by atoms with van der Waals surface area (Å²) >= 11 is 0. The summed E-state index contributed by atoms with van der Waals surface area (Å²) in [5.74, 6) is 1.45. The molecule has 0 aliphatic rings. The number of carbonyl (C=O) groups excluding carboxylic acids is 2.